The third-order valence-corrected chi connectivity index (χ3v) is 0. The van der Waals surface area contributed by atoms with E-state index in [1.807, 2.05) is 0 Å². The van der Waals surface area contributed by atoms with Gasteiger partial charge in [-0.05, 0) is 0 Å². The molecule has 32 valence electrons. The van der Waals surface area contributed by atoms with Crippen molar-refractivity contribution in [3.63, 3.8) is 0 Å². The first-order chi connectivity index (χ1) is 0. The van der Waals surface area contributed by atoms with Gasteiger partial charge in [0, 0.05) is 0 Å². The van der Waals surface area contributed by atoms with Gasteiger partial charge in [-0.25, -0.2) is 0 Å². The van der Waals surface area contributed by atoms with Crippen molar-refractivity contribution in [3.05, 3.63) is 0 Å². The Labute approximate surface area is 45.6 Å². The van der Waals surface area contributed by atoms with E-state index in [-0.39, 0.29) is 45.0 Å². The van der Waals surface area contributed by atoms with E-state index < -0.39 is 0 Å². The van der Waals surface area contributed by atoms with Crippen molar-refractivity contribution in [2.24, 2.45) is 0 Å². The second-order valence-corrected chi connectivity index (χ2v) is 0. The molecule has 0 saturated carbocycles. The summed E-state index contributed by atoms with van der Waals surface area (Å²) in [7, 11) is 0. The molecule has 0 saturated heterocycles. The van der Waals surface area contributed by atoms with Crippen molar-refractivity contribution >= 4 is 23.1 Å². The van der Waals surface area contributed by atoms with Gasteiger partial charge in [0.25, 0.3) is 0 Å². The van der Waals surface area contributed by atoms with Crippen LogP contribution in [-0.2, 0) is 0 Å². The van der Waals surface area contributed by atoms with Crippen LogP contribution >= 0.6 is 0 Å². The average Bonchev–Trinajstić information content (AvgIpc) is 0. The quantitative estimate of drug-likeness (QED) is 0.275. The Morgan fingerprint density at radius 2 is 0.400 bits per heavy atom. The molecule has 5 heteroatoms. The van der Waals surface area contributed by atoms with Crippen LogP contribution in [0.25, 0.3) is 0 Å². The van der Waals surface area contributed by atoms with Crippen LogP contribution in [0.1, 0.15) is 0 Å². The Hall–Kier alpha value is 0.606. The summed E-state index contributed by atoms with van der Waals surface area (Å²) < 4.78 is 0. The summed E-state index contributed by atoms with van der Waals surface area (Å²) in [6, 6.07) is 0. The summed E-state index contributed by atoms with van der Waals surface area (Å²) in [5.74, 6) is 0. The van der Waals surface area contributed by atoms with Crippen molar-refractivity contribution in [2.45, 2.75) is 0 Å². The van der Waals surface area contributed by atoms with Crippen LogP contribution in [0.3, 0.4) is 0 Å². The van der Waals surface area contributed by atoms with Gasteiger partial charge in [-0.15, -0.1) is 0 Å². The van der Waals surface area contributed by atoms with E-state index in [1.54, 1.807) is 0 Å². The number of hydrogen-bond acceptors (Lipinski definition) is 0. The van der Waals surface area contributed by atoms with Crippen LogP contribution in [0.15, 0.2) is 0 Å². The fourth-order valence-corrected chi connectivity index (χ4v) is 0. The number of hydrogen-bond donors (Lipinski definition) is 0. The van der Waals surface area contributed by atoms with Crippen LogP contribution in [0.2, 0.25) is 0 Å². The van der Waals surface area contributed by atoms with Gasteiger partial charge in [0.15, 0.2) is 0 Å². The first kappa shape index (κ1) is 324. The normalized spacial score (nSPS) is 0. The minimum Gasteiger partial charge on any atom is -0.412 e. The van der Waals surface area contributed by atoms with Crippen molar-refractivity contribution in [1.82, 2.24) is 0 Å². The Kier molecular flexibility index (Phi) is 10600. The maximum atomic E-state index is 0. The summed E-state index contributed by atoms with van der Waals surface area (Å²) in [4.78, 5) is 0. The van der Waals surface area contributed by atoms with E-state index in [9.17, 15) is 0 Å². The molecule has 0 unspecified atom stereocenters. The predicted octanol–water partition coefficient (Wildman–Crippen LogP) is -3.68. The zero-order valence-electron chi connectivity index (χ0n) is 2.71. The molecule has 0 aliphatic rings. The molecular formula is H8MgO4+2. The monoisotopic (exact) mass is 96.0 g/mol. The smallest absolute Gasteiger partial charge is 0.412 e. The molecule has 0 aromatic carbocycles. The van der Waals surface area contributed by atoms with Gasteiger partial charge >= 0.3 is 23.1 Å². The molecule has 0 spiro atoms. The summed E-state index contributed by atoms with van der Waals surface area (Å²) in [5, 5.41) is 0. The molecule has 0 aromatic rings. The van der Waals surface area contributed by atoms with E-state index in [4.69, 9.17) is 0 Å². The molecule has 0 aromatic heterocycles. The van der Waals surface area contributed by atoms with Crippen molar-refractivity contribution in [3.8, 4) is 0 Å². The molecule has 0 rings (SSSR count). The van der Waals surface area contributed by atoms with Gasteiger partial charge in [-0.1, -0.05) is 0 Å². The van der Waals surface area contributed by atoms with Crippen LogP contribution < -0.4 is 0 Å². The summed E-state index contributed by atoms with van der Waals surface area (Å²) in [5.41, 5.74) is 0. The topological polar surface area (TPSA) is 126 Å². The van der Waals surface area contributed by atoms with Gasteiger partial charge in [-0.3, -0.25) is 0 Å². The van der Waals surface area contributed by atoms with Crippen LogP contribution in [-0.4, -0.2) is 45.0 Å². The van der Waals surface area contributed by atoms with E-state index in [0.29, 0.717) is 0 Å². The molecule has 0 heterocycles. The molecule has 5 heavy (non-hydrogen) atoms. The summed E-state index contributed by atoms with van der Waals surface area (Å²) >= 11 is 0. The van der Waals surface area contributed by atoms with E-state index in [1.165, 1.54) is 0 Å². The molecule has 0 aliphatic heterocycles. The second kappa shape index (κ2) is 163. The number of rotatable bonds is 0. The maximum absolute atomic E-state index is 0. The Morgan fingerprint density at radius 3 is 0.400 bits per heavy atom. The van der Waals surface area contributed by atoms with Gasteiger partial charge < -0.3 is 21.9 Å². The van der Waals surface area contributed by atoms with E-state index in [2.05, 4.69) is 0 Å². The molecule has 0 aliphatic carbocycles. The SMILES string of the molecule is O.O.O.O.[Mg+2]. The molecule has 4 nitrogen and oxygen atoms in total. The predicted molar refractivity (Wildman–Crippen MR) is 20.2 cm³/mol. The average molecular weight is 96.4 g/mol. The van der Waals surface area contributed by atoms with Crippen molar-refractivity contribution in [1.29, 1.82) is 0 Å². The van der Waals surface area contributed by atoms with Crippen molar-refractivity contribution < 1.29 is 21.9 Å². The van der Waals surface area contributed by atoms with Crippen LogP contribution in [0.4, 0.5) is 0 Å². The zero-order chi connectivity index (χ0) is 0. The maximum Gasteiger partial charge on any atom is 2.00 e. The van der Waals surface area contributed by atoms with Gasteiger partial charge in [0.1, 0.15) is 0 Å². The molecule has 0 radical (unpaired) electrons. The third kappa shape index (κ3) is 85.1. The second-order valence-electron chi connectivity index (χ2n) is 0. The minimum atomic E-state index is 0. The van der Waals surface area contributed by atoms with Gasteiger partial charge in [-0.2, -0.15) is 0 Å². The minimum absolute atomic E-state index is 0. The first-order valence-electron chi connectivity index (χ1n) is 0. The van der Waals surface area contributed by atoms with Gasteiger partial charge in [0.2, 0.25) is 0 Å². The fraction of sp³-hybridized carbons (Fsp3) is 0. The Bertz CT molecular complexity index is 3.61. The largest absolute Gasteiger partial charge is 2.00 e. The van der Waals surface area contributed by atoms with E-state index >= 15 is 0 Å². The van der Waals surface area contributed by atoms with Crippen molar-refractivity contribution in [2.75, 3.05) is 0 Å². The summed E-state index contributed by atoms with van der Waals surface area (Å²) in [6.45, 7) is 0. The molecule has 0 bridgehead atoms. The standard InChI is InChI=1S/Mg.4H2O/h;4*1H2/q+2;;;;. The van der Waals surface area contributed by atoms with E-state index in [0.717, 1.165) is 0 Å². The fourth-order valence-electron chi connectivity index (χ4n) is 0. The third-order valence-electron chi connectivity index (χ3n) is 0. The molecule has 0 atom stereocenters. The summed E-state index contributed by atoms with van der Waals surface area (Å²) in [6.07, 6.45) is 0. The first-order valence-corrected chi connectivity index (χ1v) is 0. The molecule has 0 fully saturated rings. The molecular weight excluding hydrogens is 88.3 g/mol. The van der Waals surface area contributed by atoms with Crippen LogP contribution in [0.5, 0.6) is 0 Å². The molecule has 0 amide bonds. The zero-order valence-corrected chi connectivity index (χ0v) is 4.12. The Balaban J connectivity index is 0. The molecule has 8 N–H and O–H groups in total. The Morgan fingerprint density at radius 1 is 0.400 bits per heavy atom. The van der Waals surface area contributed by atoms with Crippen LogP contribution in [0, 0.1) is 0 Å². The van der Waals surface area contributed by atoms with Gasteiger partial charge in [0.05, 0.1) is 0 Å².